The smallest absolute Gasteiger partial charge is 0.232 e. The van der Waals surface area contributed by atoms with Crippen LogP contribution in [0.4, 0.5) is 17.6 Å². The predicted octanol–water partition coefficient (Wildman–Crippen LogP) is 6.55. The SMILES string of the molecule is CC1CCCN(c2cc(N3CCCCCC3)nc(NC(=S)NCC3(c4ccc(Cl)cc4)CCCC3)n2)C1. The quantitative estimate of drug-likeness (QED) is 0.403. The largest absolute Gasteiger partial charge is 0.361 e. The van der Waals surface area contributed by atoms with E-state index in [1.165, 1.54) is 56.9 Å². The van der Waals surface area contributed by atoms with E-state index in [-0.39, 0.29) is 5.41 Å². The summed E-state index contributed by atoms with van der Waals surface area (Å²) < 4.78 is 0. The van der Waals surface area contributed by atoms with E-state index in [4.69, 9.17) is 33.8 Å². The molecule has 1 aliphatic carbocycles. The lowest BCUT2D eigenvalue weighted by Gasteiger charge is -2.33. The van der Waals surface area contributed by atoms with E-state index in [1.807, 2.05) is 12.1 Å². The number of thiocarbonyl (C=S) groups is 1. The van der Waals surface area contributed by atoms with Crippen LogP contribution in [0.3, 0.4) is 0 Å². The average molecular weight is 541 g/mol. The molecule has 3 heterocycles. The molecule has 6 nitrogen and oxygen atoms in total. The lowest BCUT2D eigenvalue weighted by Crippen LogP contribution is -2.41. The molecule has 8 heteroatoms. The topological polar surface area (TPSA) is 56.3 Å². The van der Waals surface area contributed by atoms with Gasteiger partial charge < -0.3 is 20.4 Å². The van der Waals surface area contributed by atoms with Crippen molar-refractivity contribution in [2.45, 2.75) is 76.5 Å². The Bertz CT molecular complexity index is 1030. The number of nitrogens with zero attached hydrogens (tertiary/aromatic N) is 4. The van der Waals surface area contributed by atoms with Gasteiger partial charge in [-0.2, -0.15) is 9.97 Å². The van der Waals surface area contributed by atoms with Gasteiger partial charge in [-0.1, -0.05) is 56.3 Å². The molecule has 0 radical (unpaired) electrons. The molecule has 37 heavy (non-hydrogen) atoms. The van der Waals surface area contributed by atoms with Crippen molar-refractivity contribution in [2.75, 3.05) is 47.8 Å². The average Bonchev–Trinajstić information content (AvgIpc) is 3.22. The highest BCUT2D eigenvalue weighted by Crippen LogP contribution is 2.41. The van der Waals surface area contributed by atoms with Crippen molar-refractivity contribution >= 4 is 46.5 Å². The lowest BCUT2D eigenvalue weighted by atomic mass is 9.79. The minimum absolute atomic E-state index is 0.0835. The highest BCUT2D eigenvalue weighted by molar-refractivity contribution is 7.80. The van der Waals surface area contributed by atoms with Crippen LogP contribution < -0.4 is 20.4 Å². The Morgan fingerprint density at radius 2 is 1.59 bits per heavy atom. The van der Waals surface area contributed by atoms with Crippen molar-refractivity contribution < 1.29 is 0 Å². The van der Waals surface area contributed by atoms with Crippen molar-refractivity contribution in [1.82, 2.24) is 15.3 Å². The van der Waals surface area contributed by atoms with E-state index in [1.54, 1.807) is 0 Å². The van der Waals surface area contributed by atoms with Crippen LogP contribution in [-0.4, -0.2) is 47.8 Å². The maximum atomic E-state index is 6.17. The summed E-state index contributed by atoms with van der Waals surface area (Å²) in [5.41, 5.74) is 1.42. The molecule has 5 rings (SSSR count). The number of hydrogen-bond donors (Lipinski definition) is 2. The number of anilines is 3. The molecule has 0 spiro atoms. The molecule has 2 aliphatic heterocycles. The van der Waals surface area contributed by atoms with Crippen LogP contribution in [0.25, 0.3) is 0 Å². The summed E-state index contributed by atoms with van der Waals surface area (Å²) in [6.07, 6.45) is 12.3. The molecule has 2 aromatic rings. The fraction of sp³-hybridized carbons (Fsp3) is 0.621. The molecule has 1 aromatic heterocycles. The van der Waals surface area contributed by atoms with Crippen molar-refractivity contribution in [2.24, 2.45) is 5.92 Å². The zero-order valence-corrected chi connectivity index (χ0v) is 23.7. The molecule has 2 saturated heterocycles. The Hall–Kier alpha value is -2.12. The predicted molar refractivity (Wildman–Crippen MR) is 159 cm³/mol. The van der Waals surface area contributed by atoms with Gasteiger partial charge in [-0.3, -0.25) is 0 Å². The van der Waals surface area contributed by atoms with Crippen LogP contribution in [-0.2, 0) is 5.41 Å². The number of aromatic nitrogens is 2. The van der Waals surface area contributed by atoms with Crippen LogP contribution in [0, 0.1) is 5.92 Å². The maximum Gasteiger partial charge on any atom is 0.232 e. The van der Waals surface area contributed by atoms with Crippen molar-refractivity contribution in [1.29, 1.82) is 0 Å². The summed E-state index contributed by atoms with van der Waals surface area (Å²) in [7, 11) is 0. The molecule has 0 bridgehead atoms. The van der Waals surface area contributed by atoms with Crippen molar-refractivity contribution in [3.63, 3.8) is 0 Å². The third-order valence-corrected chi connectivity index (χ3v) is 8.94. The van der Waals surface area contributed by atoms with Crippen LogP contribution in [0.15, 0.2) is 30.3 Å². The monoisotopic (exact) mass is 540 g/mol. The second-order valence-corrected chi connectivity index (χ2v) is 12.1. The lowest BCUT2D eigenvalue weighted by molar-refractivity contribution is 0.435. The van der Waals surface area contributed by atoms with Gasteiger partial charge in [-0.05, 0) is 74.4 Å². The summed E-state index contributed by atoms with van der Waals surface area (Å²) in [6, 6.07) is 10.5. The van der Waals surface area contributed by atoms with Crippen LogP contribution in [0.1, 0.15) is 76.7 Å². The fourth-order valence-corrected chi connectivity index (χ4v) is 6.61. The molecule has 0 amide bonds. The van der Waals surface area contributed by atoms with Crippen LogP contribution >= 0.6 is 23.8 Å². The van der Waals surface area contributed by atoms with Gasteiger partial charge in [0.2, 0.25) is 5.95 Å². The second-order valence-electron chi connectivity index (χ2n) is 11.3. The van der Waals surface area contributed by atoms with E-state index in [9.17, 15) is 0 Å². The summed E-state index contributed by atoms with van der Waals surface area (Å²) in [5.74, 6) is 3.31. The molecule has 3 aliphatic rings. The van der Waals surface area contributed by atoms with E-state index in [0.717, 1.165) is 62.2 Å². The summed E-state index contributed by atoms with van der Waals surface area (Å²) in [4.78, 5) is 14.8. The van der Waals surface area contributed by atoms with Gasteiger partial charge in [-0.15, -0.1) is 0 Å². The van der Waals surface area contributed by atoms with Gasteiger partial charge in [0.1, 0.15) is 11.6 Å². The first-order valence-corrected chi connectivity index (χ1v) is 15.0. The molecular weight excluding hydrogens is 500 g/mol. The van der Waals surface area contributed by atoms with E-state index in [2.05, 4.69) is 45.6 Å². The second kappa shape index (κ2) is 12.2. The van der Waals surface area contributed by atoms with E-state index < -0.39 is 0 Å². The minimum Gasteiger partial charge on any atom is -0.361 e. The molecule has 1 aromatic carbocycles. The van der Waals surface area contributed by atoms with Crippen LogP contribution in [0.2, 0.25) is 5.02 Å². The molecule has 3 fully saturated rings. The first-order chi connectivity index (χ1) is 18.0. The first-order valence-electron chi connectivity index (χ1n) is 14.2. The Morgan fingerprint density at radius 3 is 2.27 bits per heavy atom. The summed E-state index contributed by atoms with van der Waals surface area (Å²) >= 11 is 11.9. The zero-order chi connectivity index (χ0) is 25.7. The fourth-order valence-electron chi connectivity index (χ4n) is 6.32. The Morgan fingerprint density at radius 1 is 0.946 bits per heavy atom. The third kappa shape index (κ3) is 6.66. The van der Waals surface area contributed by atoms with E-state index >= 15 is 0 Å². The standard InChI is InChI=1S/C29H41ClN6S/c1-22-9-8-18-36(20-22)26-19-25(35-16-6-2-3-7-17-35)32-27(33-26)34-28(37)31-21-29(14-4-5-15-29)23-10-12-24(30)13-11-23/h10-13,19,22H,2-9,14-18,20-21H2,1H3,(H2,31,32,33,34,37). The number of benzene rings is 1. The molecule has 2 N–H and O–H groups in total. The molecule has 200 valence electrons. The van der Waals surface area contributed by atoms with Crippen molar-refractivity contribution in [3.8, 4) is 0 Å². The molecule has 1 unspecified atom stereocenters. The van der Waals surface area contributed by atoms with Gasteiger partial charge in [0, 0.05) is 49.2 Å². The maximum absolute atomic E-state index is 6.17. The zero-order valence-electron chi connectivity index (χ0n) is 22.1. The summed E-state index contributed by atoms with van der Waals surface area (Å²) in [5, 5.41) is 8.24. The Kier molecular flexibility index (Phi) is 8.71. The molecular formula is C29H41ClN6S. The molecule has 1 atom stereocenters. The Labute approximate surface area is 232 Å². The van der Waals surface area contributed by atoms with Gasteiger partial charge in [-0.25, -0.2) is 0 Å². The van der Waals surface area contributed by atoms with Gasteiger partial charge >= 0.3 is 0 Å². The van der Waals surface area contributed by atoms with Crippen molar-refractivity contribution in [3.05, 3.63) is 40.9 Å². The number of rotatable bonds is 6. The number of halogens is 1. The number of hydrogen-bond acceptors (Lipinski definition) is 5. The third-order valence-electron chi connectivity index (χ3n) is 8.44. The molecule has 1 saturated carbocycles. The first kappa shape index (κ1) is 26.5. The highest BCUT2D eigenvalue weighted by atomic mass is 35.5. The number of nitrogens with one attached hydrogen (secondary N) is 2. The highest BCUT2D eigenvalue weighted by Gasteiger charge is 2.35. The Balaban J connectivity index is 1.32. The minimum atomic E-state index is 0.0835. The van der Waals surface area contributed by atoms with Crippen LogP contribution in [0.5, 0.6) is 0 Å². The number of piperidine rings is 1. The van der Waals surface area contributed by atoms with E-state index in [0.29, 0.717) is 17.0 Å². The van der Waals surface area contributed by atoms with Gasteiger partial charge in [0.15, 0.2) is 5.11 Å². The normalized spacial score (nSPS) is 21.9. The van der Waals surface area contributed by atoms with Gasteiger partial charge in [0.25, 0.3) is 0 Å². The summed E-state index contributed by atoms with van der Waals surface area (Å²) in [6.45, 7) is 7.33. The van der Waals surface area contributed by atoms with Gasteiger partial charge in [0.05, 0.1) is 0 Å².